The summed E-state index contributed by atoms with van der Waals surface area (Å²) in [5.74, 6) is 1.70. The molecule has 112 valence electrons. The third-order valence-electron chi connectivity index (χ3n) is 3.41. The summed E-state index contributed by atoms with van der Waals surface area (Å²) in [7, 11) is 3.21. The van der Waals surface area contributed by atoms with Crippen LogP contribution in [0.1, 0.15) is 25.3 Å². The van der Waals surface area contributed by atoms with Crippen LogP contribution in [-0.4, -0.2) is 14.2 Å². The van der Waals surface area contributed by atoms with Gasteiger partial charge in [-0.25, -0.2) is 0 Å². The average Bonchev–Trinajstić information content (AvgIpc) is 2.49. The molecule has 0 heterocycles. The van der Waals surface area contributed by atoms with Crippen LogP contribution >= 0.6 is 0 Å². The van der Waals surface area contributed by atoms with E-state index in [2.05, 4.69) is 25.2 Å². The van der Waals surface area contributed by atoms with E-state index in [-0.39, 0.29) is 0 Å². The second kappa shape index (κ2) is 6.39. The van der Waals surface area contributed by atoms with Gasteiger partial charge in [0, 0.05) is 17.8 Å². The Kier molecular flexibility index (Phi) is 4.58. The van der Waals surface area contributed by atoms with E-state index in [9.17, 15) is 0 Å². The molecule has 2 aromatic carbocycles. The molecule has 4 heteroatoms. The highest BCUT2D eigenvalue weighted by Gasteiger charge is 2.11. The molecule has 0 saturated carbocycles. The number of methoxy groups -OCH3 is 2. The van der Waals surface area contributed by atoms with Gasteiger partial charge in [0.25, 0.3) is 0 Å². The molecule has 4 nitrogen and oxygen atoms in total. The van der Waals surface area contributed by atoms with E-state index in [1.807, 2.05) is 24.3 Å². The number of ether oxygens (including phenoxy) is 2. The number of benzene rings is 2. The van der Waals surface area contributed by atoms with Crippen molar-refractivity contribution in [2.75, 3.05) is 25.3 Å². The number of nitrogen functional groups attached to an aromatic ring is 1. The normalized spacial score (nSPS) is 10.5. The average molecular weight is 286 g/mol. The highest BCUT2D eigenvalue weighted by atomic mass is 16.5. The quantitative estimate of drug-likeness (QED) is 0.811. The van der Waals surface area contributed by atoms with E-state index >= 15 is 0 Å². The van der Waals surface area contributed by atoms with Gasteiger partial charge >= 0.3 is 0 Å². The molecule has 0 aliphatic rings. The highest BCUT2D eigenvalue weighted by Crippen LogP contribution is 2.37. The molecule has 2 rings (SSSR count). The van der Waals surface area contributed by atoms with Crippen LogP contribution < -0.4 is 20.5 Å². The summed E-state index contributed by atoms with van der Waals surface area (Å²) in [6.07, 6.45) is 0. The van der Waals surface area contributed by atoms with Crippen molar-refractivity contribution in [2.45, 2.75) is 19.8 Å². The van der Waals surface area contributed by atoms with Gasteiger partial charge in [0.1, 0.15) is 0 Å². The largest absolute Gasteiger partial charge is 0.493 e. The lowest BCUT2D eigenvalue weighted by molar-refractivity contribution is 0.355. The monoisotopic (exact) mass is 286 g/mol. The number of rotatable bonds is 5. The summed E-state index contributed by atoms with van der Waals surface area (Å²) in [6, 6.07) is 11.8. The van der Waals surface area contributed by atoms with Crippen molar-refractivity contribution in [1.29, 1.82) is 0 Å². The molecule has 0 spiro atoms. The first-order valence-electron chi connectivity index (χ1n) is 6.94. The van der Waals surface area contributed by atoms with E-state index in [1.54, 1.807) is 20.3 Å². The molecule has 2 aromatic rings. The van der Waals surface area contributed by atoms with Gasteiger partial charge < -0.3 is 20.5 Å². The Balaban J connectivity index is 2.40. The van der Waals surface area contributed by atoms with Crippen molar-refractivity contribution in [2.24, 2.45) is 0 Å². The van der Waals surface area contributed by atoms with Crippen LogP contribution in [0.5, 0.6) is 11.5 Å². The highest BCUT2D eigenvalue weighted by molar-refractivity contribution is 5.77. The minimum absolute atomic E-state index is 0.426. The second-order valence-corrected chi connectivity index (χ2v) is 5.16. The fourth-order valence-electron chi connectivity index (χ4n) is 2.26. The van der Waals surface area contributed by atoms with Gasteiger partial charge in [-0.3, -0.25) is 0 Å². The van der Waals surface area contributed by atoms with Crippen LogP contribution in [0.3, 0.4) is 0 Å². The molecule has 0 fully saturated rings. The molecule has 0 bridgehead atoms. The summed E-state index contributed by atoms with van der Waals surface area (Å²) < 4.78 is 10.6. The zero-order valence-corrected chi connectivity index (χ0v) is 12.9. The van der Waals surface area contributed by atoms with Crippen molar-refractivity contribution in [3.05, 3.63) is 42.0 Å². The molecular formula is C17H22N2O2. The maximum absolute atomic E-state index is 6.10. The van der Waals surface area contributed by atoms with E-state index < -0.39 is 0 Å². The fraction of sp³-hybridized carbons (Fsp3) is 0.294. The first-order valence-corrected chi connectivity index (χ1v) is 6.94. The van der Waals surface area contributed by atoms with Crippen molar-refractivity contribution in [3.8, 4) is 11.5 Å². The number of nitrogens with one attached hydrogen (secondary N) is 1. The number of nitrogens with two attached hydrogens (primary N) is 1. The summed E-state index contributed by atoms with van der Waals surface area (Å²) in [5, 5.41) is 3.39. The Hall–Kier alpha value is -2.36. The first-order chi connectivity index (χ1) is 10.1. The Morgan fingerprint density at radius 3 is 2.19 bits per heavy atom. The van der Waals surface area contributed by atoms with E-state index in [1.165, 1.54) is 5.56 Å². The smallest absolute Gasteiger partial charge is 0.162 e. The number of anilines is 3. The van der Waals surface area contributed by atoms with Gasteiger partial charge in [0.15, 0.2) is 11.5 Å². The number of hydrogen-bond donors (Lipinski definition) is 2. The molecular weight excluding hydrogens is 264 g/mol. The zero-order valence-electron chi connectivity index (χ0n) is 12.9. The van der Waals surface area contributed by atoms with Crippen LogP contribution in [0.15, 0.2) is 36.4 Å². The molecule has 0 unspecified atom stereocenters. The van der Waals surface area contributed by atoms with Gasteiger partial charge in [-0.05, 0) is 17.5 Å². The molecule has 0 radical (unpaired) electrons. The molecule has 0 aliphatic carbocycles. The van der Waals surface area contributed by atoms with Crippen LogP contribution in [0.4, 0.5) is 17.1 Å². The fourth-order valence-corrected chi connectivity index (χ4v) is 2.26. The summed E-state index contributed by atoms with van der Waals surface area (Å²) in [4.78, 5) is 0. The Morgan fingerprint density at radius 2 is 1.57 bits per heavy atom. The van der Waals surface area contributed by atoms with Crippen LogP contribution in [-0.2, 0) is 0 Å². The molecule has 0 saturated heterocycles. The maximum Gasteiger partial charge on any atom is 0.162 e. The predicted octanol–water partition coefficient (Wildman–Crippen LogP) is 4.15. The summed E-state index contributed by atoms with van der Waals surface area (Å²) >= 11 is 0. The summed E-state index contributed by atoms with van der Waals surface area (Å²) in [5.41, 5.74) is 9.81. The third-order valence-corrected chi connectivity index (χ3v) is 3.41. The molecule has 21 heavy (non-hydrogen) atoms. The lowest BCUT2D eigenvalue weighted by Gasteiger charge is -2.17. The Bertz CT molecular complexity index is 624. The molecule has 3 N–H and O–H groups in total. The zero-order chi connectivity index (χ0) is 15.4. The van der Waals surface area contributed by atoms with E-state index in [0.717, 1.165) is 11.4 Å². The van der Waals surface area contributed by atoms with Crippen molar-refractivity contribution < 1.29 is 9.47 Å². The van der Waals surface area contributed by atoms with E-state index in [4.69, 9.17) is 15.2 Å². The number of hydrogen-bond acceptors (Lipinski definition) is 4. The lowest BCUT2D eigenvalue weighted by Crippen LogP contribution is -2.02. The SMILES string of the molecule is COc1cc(N)c(Nc2ccccc2C(C)C)cc1OC. The number of para-hydroxylation sites is 1. The van der Waals surface area contributed by atoms with Crippen LogP contribution in [0.2, 0.25) is 0 Å². The lowest BCUT2D eigenvalue weighted by atomic mass is 10.0. The predicted molar refractivity (Wildman–Crippen MR) is 87.8 cm³/mol. The van der Waals surface area contributed by atoms with Gasteiger partial charge in [-0.2, -0.15) is 0 Å². The first kappa shape index (κ1) is 15.0. The van der Waals surface area contributed by atoms with Gasteiger partial charge in [-0.1, -0.05) is 32.0 Å². The van der Waals surface area contributed by atoms with Gasteiger partial charge in [0.2, 0.25) is 0 Å². The minimum Gasteiger partial charge on any atom is -0.493 e. The minimum atomic E-state index is 0.426. The van der Waals surface area contributed by atoms with Crippen molar-refractivity contribution in [3.63, 3.8) is 0 Å². The summed E-state index contributed by atoms with van der Waals surface area (Å²) in [6.45, 7) is 4.33. The molecule has 0 amide bonds. The Labute approximate surface area is 125 Å². The van der Waals surface area contributed by atoms with Crippen LogP contribution in [0.25, 0.3) is 0 Å². The van der Waals surface area contributed by atoms with Gasteiger partial charge in [-0.15, -0.1) is 0 Å². The van der Waals surface area contributed by atoms with Crippen LogP contribution in [0, 0.1) is 0 Å². The van der Waals surface area contributed by atoms with Crippen molar-refractivity contribution in [1.82, 2.24) is 0 Å². The standard InChI is InChI=1S/C17H22N2O2/c1-11(2)12-7-5-6-8-14(12)19-15-10-17(21-4)16(20-3)9-13(15)18/h5-11,19H,18H2,1-4H3. The molecule has 0 atom stereocenters. The second-order valence-electron chi connectivity index (χ2n) is 5.16. The Morgan fingerprint density at radius 1 is 0.952 bits per heavy atom. The van der Waals surface area contributed by atoms with E-state index in [0.29, 0.717) is 23.1 Å². The molecule has 0 aromatic heterocycles. The molecule has 0 aliphatic heterocycles. The third kappa shape index (κ3) is 3.21. The van der Waals surface area contributed by atoms with Gasteiger partial charge in [0.05, 0.1) is 25.6 Å². The van der Waals surface area contributed by atoms with Crippen molar-refractivity contribution >= 4 is 17.1 Å². The maximum atomic E-state index is 6.10. The topological polar surface area (TPSA) is 56.5 Å².